The normalized spacial score (nSPS) is 13.3. The van der Waals surface area contributed by atoms with Crippen LogP contribution in [-0.4, -0.2) is 34.2 Å². The second-order valence-electron chi connectivity index (χ2n) is 7.06. The average molecular weight is 390 g/mol. The van der Waals surface area contributed by atoms with Gasteiger partial charge in [-0.25, -0.2) is 0 Å². The molecule has 6 heteroatoms. The smallest absolute Gasteiger partial charge is 0.261 e. The van der Waals surface area contributed by atoms with Gasteiger partial charge in [0.2, 0.25) is 0 Å². The molecule has 1 aromatic carbocycles. The van der Waals surface area contributed by atoms with Gasteiger partial charge in [-0.2, -0.15) is 0 Å². The van der Waals surface area contributed by atoms with Crippen molar-refractivity contribution in [2.24, 2.45) is 5.73 Å². The third kappa shape index (κ3) is 7.01. The number of thioether (sulfide) groups is 1. The largest absolute Gasteiger partial charge is 0.379 e. The Kier molecular flexibility index (Phi) is 9.39. The fourth-order valence-electron chi connectivity index (χ4n) is 3.41. The lowest BCUT2D eigenvalue weighted by atomic mass is 10.1. The van der Waals surface area contributed by atoms with Gasteiger partial charge in [0, 0.05) is 12.3 Å². The quantitative estimate of drug-likeness (QED) is 0.219. The van der Waals surface area contributed by atoms with Crippen LogP contribution in [0.3, 0.4) is 0 Å². The van der Waals surface area contributed by atoms with Crippen LogP contribution in [0, 0.1) is 5.41 Å². The fraction of sp³-hybridized carbons (Fsp3) is 0.571. The Labute approximate surface area is 166 Å². The van der Waals surface area contributed by atoms with Crippen LogP contribution in [0.25, 0.3) is 0 Å². The number of nitrogens with one attached hydrogen (secondary N) is 1. The van der Waals surface area contributed by atoms with Crippen molar-refractivity contribution in [1.82, 2.24) is 4.90 Å². The summed E-state index contributed by atoms with van der Waals surface area (Å²) in [4.78, 5) is 25.9. The molecular weight excluding hydrogens is 358 g/mol. The molecule has 0 radical (unpaired) electrons. The summed E-state index contributed by atoms with van der Waals surface area (Å²) in [5, 5.41) is 7.36. The molecule has 0 aliphatic carbocycles. The van der Waals surface area contributed by atoms with Crippen LogP contribution < -0.4 is 5.73 Å². The summed E-state index contributed by atoms with van der Waals surface area (Å²) in [6.07, 6.45) is 11.8. The second kappa shape index (κ2) is 11.8. The van der Waals surface area contributed by atoms with Gasteiger partial charge in [-0.3, -0.25) is 19.9 Å². The van der Waals surface area contributed by atoms with Gasteiger partial charge in [-0.1, -0.05) is 75.3 Å². The van der Waals surface area contributed by atoms with Crippen LogP contribution >= 0.6 is 11.8 Å². The summed E-state index contributed by atoms with van der Waals surface area (Å²) in [6, 6.07) is 7.08. The van der Waals surface area contributed by atoms with E-state index in [0.717, 1.165) is 25.0 Å². The van der Waals surface area contributed by atoms with Crippen LogP contribution in [0.15, 0.2) is 24.3 Å². The Hall–Kier alpha value is -1.82. The van der Waals surface area contributed by atoms with Crippen molar-refractivity contribution in [3.05, 3.63) is 35.4 Å². The molecule has 0 bridgehead atoms. The number of nitrogens with two attached hydrogens (primary N) is 1. The lowest BCUT2D eigenvalue weighted by molar-refractivity contribution is 0.0651. The van der Waals surface area contributed by atoms with Crippen molar-refractivity contribution in [3.63, 3.8) is 0 Å². The van der Waals surface area contributed by atoms with E-state index in [-0.39, 0.29) is 17.0 Å². The molecule has 0 unspecified atom stereocenters. The van der Waals surface area contributed by atoms with E-state index in [1.165, 1.54) is 61.6 Å². The van der Waals surface area contributed by atoms with E-state index >= 15 is 0 Å². The maximum absolute atomic E-state index is 12.3. The lowest BCUT2D eigenvalue weighted by Gasteiger charge is -2.13. The number of unbranched alkanes of at least 4 members (excludes halogenated alkanes) is 9. The van der Waals surface area contributed by atoms with Crippen molar-refractivity contribution in [2.45, 2.75) is 64.2 Å². The van der Waals surface area contributed by atoms with Crippen molar-refractivity contribution < 1.29 is 9.59 Å². The molecule has 148 valence electrons. The highest BCUT2D eigenvalue weighted by atomic mass is 32.2. The number of hydrogen-bond donors (Lipinski definition) is 2. The number of fused-ring (bicyclic) bond motifs is 1. The summed E-state index contributed by atoms with van der Waals surface area (Å²) in [6.45, 7) is 0.532. The molecule has 5 nitrogen and oxygen atoms in total. The Bertz CT molecular complexity index is 613. The molecule has 0 saturated heterocycles. The molecule has 0 fully saturated rings. The molecule has 0 saturated carbocycles. The van der Waals surface area contributed by atoms with E-state index in [1.54, 1.807) is 24.3 Å². The van der Waals surface area contributed by atoms with Crippen molar-refractivity contribution in [1.29, 1.82) is 5.41 Å². The number of amidine groups is 1. The zero-order chi connectivity index (χ0) is 19.5. The minimum absolute atomic E-state index is 0.141. The van der Waals surface area contributed by atoms with E-state index in [4.69, 9.17) is 11.1 Å². The average Bonchev–Trinajstić information content (AvgIpc) is 2.90. The number of carbonyl (C=O) groups excluding carboxylic acids is 2. The molecule has 0 spiro atoms. The van der Waals surface area contributed by atoms with Crippen LogP contribution in [0.2, 0.25) is 0 Å². The number of imide groups is 1. The topological polar surface area (TPSA) is 87.2 Å². The van der Waals surface area contributed by atoms with E-state index in [0.29, 0.717) is 17.7 Å². The van der Waals surface area contributed by atoms with Gasteiger partial charge in [-0.05, 0) is 25.0 Å². The predicted octanol–water partition coefficient (Wildman–Crippen LogP) is 4.81. The first-order valence-corrected chi connectivity index (χ1v) is 11.0. The molecule has 2 rings (SSSR count). The van der Waals surface area contributed by atoms with Gasteiger partial charge in [0.15, 0.2) is 5.17 Å². The number of benzene rings is 1. The number of amides is 2. The number of hydrogen-bond acceptors (Lipinski definition) is 4. The SMILES string of the molecule is N=C(N)SCCCCCCCCCCCCN1C(=O)c2ccccc2C1=O. The van der Waals surface area contributed by atoms with Gasteiger partial charge in [0.25, 0.3) is 11.8 Å². The Morgan fingerprint density at radius 2 is 1.26 bits per heavy atom. The maximum atomic E-state index is 12.3. The monoisotopic (exact) mass is 389 g/mol. The predicted molar refractivity (Wildman–Crippen MR) is 112 cm³/mol. The molecule has 1 heterocycles. The molecule has 0 aromatic heterocycles. The molecular formula is C21H31N3O2S. The zero-order valence-corrected chi connectivity index (χ0v) is 16.9. The highest BCUT2D eigenvalue weighted by Gasteiger charge is 2.34. The van der Waals surface area contributed by atoms with Gasteiger partial charge < -0.3 is 5.73 Å². The van der Waals surface area contributed by atoms with Gasteiger partial charge in [0.05, 0.1) is 11.1 Å². The van der Waals surface area contributed by atoms with E-state index in [1.807, 2.05) is 0 Å². The molecule has 1 aliphatic heterocycles. The number of rotatable bonds is 13. The zero-order valence-electron chi connectivity index (χ0n) is 16.0. The van der Waals surface area contributed by atoms with E-state index in [9.17, 15) is 9.59 Å². The Morgan fingerprint density at radius 3 is 1.74 bits per heavy atom. The fourth-order valence-corrected chi connectivity index (χ4v) is 3.98. The highest BCUT2D eigenvalue weighted by molar-refractivity contribution is 8.13. The van der Waals surface area contributed by atoms with Crippen LogP contribution in [0.1, 0.15) is 84.9 Å². The first-order valence-electron chi connectivity index (χ1n) is 10.0. The van der Waals surface area contributed by atoms with Crippen molar-refractivity contribution in [2.75, 3.05) is 12.3 Å². The summed E-state index contributed by atoms with van der Waals surface area (Å²) in [5.74, 6) is 0.678. The minimum Gasteiger partial charge on any atom is -0.379 e. The van der Waals surface area contributed by atoms with Gasteiger partial charge >= 0.3 is 0 Å². The molecule has 3 N–H and O–H groups in total. The van der Waals surface area contributed by atoms with E-state index in [2.05, 4.69) is 0 Å². The van der Waals surface area contributed by atoms with Crippen LogP contribution in [-0.2, 0) is 0 Å². The van der Waals surface area contributed by atoms with Crippen molar-refractivity contribution in [3.8, 4) is 0 Å². The van der Waals surface area contributed by atoms with Crippen LogP contribution in [0.5, 0.6) is 0 Å². The Balaban J connectivity index is 1.44. The molecule has 0 atom stereocenters. The number of nitrogens with zero attached hydrogens (tertiary/aromatic N) is 1. The summed E-state index contributed by atoms with van der Waals surface area (Å²) >= 11 is 1.43. The third-order valence-corrected chi connectivity index (χ3v) is 5.72. The summed E-state index contributed by atoms with van der Waals surface area (Å²) in [5.41, 5.74) is 6.39. The second-order valence-corrected chi connectivity index (χ2v) is 8.19. The third-order valence-electron chi connectivity index (χ3n) is 4.91. The molecule has 1 aliphatic rings. The maximum Gasteiger partial charge on any atom is 0.261 e. The number of carbonyl (C=O) groups is 2. The van der Waals surface area contributed by atoms with Crippen LogP contribution in [0.4, 0.5) is 0 Å². The first-order chi connectivity index (χ1) is 13.1. The van der Waals surface area contributed by atoms with Gasteiger partial charge in [0.1, 0.15) is 0 Å². The van der Waals surface area contributed by atoms with Crippen molar-refractivity contribution >= 4 is 28.7 Å². The Morgan fingerprint density at radius 1 is 0.815 bits per heavy atom. The summed E-state index contributed by atoms with van der Waals surface area (Å²) < 4.78 is 0. The molecule has 27 heavy (non-hydrogen) atoms. The van der Waals surface area contributed by atoms with Gasteiger partial charge in [-0.15, -0.1) is 0 Å². The molecule has 2 amide bonds. The molecule has 1 aromatic rings. The standard InChI is InChI=1S/C21H31N3O2S/c22-21(23)27-16-12-8-6-4-2-1-3-5-7-11-15-24-19(25)17-13-9-10-14-18(17)20(24)26/h9-10,13-14H,1-8,11-12,15-16H2,(H3,22,23). The van der Waals surface area contributed by atoms with E-state index < -0.39 is 0 Å². The minimum atomic E-state index is -0.141. The first kappa shape index (κ1) is 21.5. The highest BCUT2D eigenvalue weighted by Crippen LogP contribution is 2.23. The lowest BCUT2D eigenvalue weighted by Crippen LogP contribution is -2.30. The summed E-state index contributed by atoms with van der Waals surface area (Å²) in [7, 11) is 0.